The van der Waals surface area contributed by atoms with Crippen LogP contribution in [-0.2, 0) is 14.3 Å². The van der Waals surface area contributed by atoms with Gasteiger partial charge in [-0.1, -0.05) is 19.3 Å². The molecule has 4 atom stereocenters. The Kier molecular flexibility index (Phi) is 8.06. The average Bonchev–Trinajstić information content (AvgIpc) is 3.19. The number of nitrogens with one attached hydrogen (secondary N) is 2. The van der Waals surface area contributed by atoms with Crippen LogP contribution in [0.2, 0.25) is 0 Å². The fraction of sp³-hybridized carbons (Fsp3) is 0.875. The van der Waals surface area contributed by atoms with Crippen LogP contribution in [0.25, 0.3) is 0 Å². The molecule has 0 unspecified atom stereocenters. The number of amides is 3. The predicted molar refractivity (Wildman–Crippen MR) is 123 cm³/mol. The summed E-state index contributed by atoms with van der Waals surface area (Å²) in [5.74, 6) is 0.448. The third kappa shape index (κ3) is 5.94. The molecule has 0 aromatic heterocycles. The molecule has 8 nitrogen and oxygen atoms in total. The molecule has 0 bridgehead atoms. The largest absolute Gasteiger partial charge is 0.444 e. The Labute approximate surface area is 192 Å². The van der Waals surface area contributed by atoms with Gasteiger partial charge in [0, 0.05) is 26.2 Å². The molecule has 0 spiro atoms. The summed E-state index contributed by atoms with van der Waals surface area (Å²) in [6.45, 7) is 9.68. The van der Waals surface area contributed by atoms with Crippen molar-refractivity contribution in [1.29, 1.82) is 0 Å². The molecule has 2 saturated heterocycles. The van der Waals surface area contributed by atoms with E-state index in [2.05, 4.69) is 10.6 Å². The van der Waals surface area contributed by atoms with Gasteiger partial charge in [-0.2, -0.15) is 0 Å². The molecule has 1 aliphatic carbocycles. The topological polar surface area (TPSA) is 91.0 Å². The van der Waals surface area contributed by atoms with Crippen molar-refractivity contribution in [2.45, 2.75) is 96.4 Å². The Bertz CT molecular complexity index is 686. The van der Waals surface area contributed by atoms with E-state index in [1.807, 2.05) is 4.90 Å². The van der Waals surface area contributed by atoms with Gasteiger partial charge in [0.2, 0.25) is 11.8 Å². The number of piperidine rings is 1. The van der Waals surface area contributed by atoms with Crippen LogP contribution in [0.3, 0.4) is 0 Å². The van der Waals surface area contributed by atoms with E-state index in [1.54, 1.807) is 34.7 Å². The monoisotopic (exact) mass is 450 g/mol. The van der Waals surface area contributed by atoms with Crippen LogP contribution in [0.15, 0.2) is 0 Å². The molecular weight excluding hydrogens is 408 g/mol. The molecule has 0 aromatic rings. The zero-order chi connectivity index (χ0) is 23.5. The number of nitrogens with zero attached hydrogens (tertiary/aromatic N) is 2. The van der Waals surface area contributed by atoms with Gasteiger partial charge in [0.15, 0.2) is 0 Å². The van der Waals surface area contributed by atoms with Crippen molar-refractivity contribution in [1.82, 2.24) is 20.4 Å². The maximum atomic E-state index is 13.7. The van der Waals surface area contributed by atoms with Crippen molar-refractivity contribution in [2.24, 2.45) is 11.8 Å². The van der Waals surface area contributed by atoms with E-state index in [1.165, 1.54) is 11.3 Å². The third-order valence-corrected chi connectivity index (χ3v) is 7.34. The minimum absolute atomic E-state index is 0.0496. The van der Waals surface area contributed by atoms with Gasteiger partial charge in [0.1, 0.15) is 17.7 Å². The first-order chi connectivity index (χ1) is 15.1. The van der Waals surface area contributed by atoms with Crippen molar-refractivity contribution >= 4 is 17.9 Å². The van der Waals surface area contributed by atoms with Crippen LogP contribution >= 0.6 is 0 Å². The van der Waals surface area contributed by atoms with E-state index in [0.717, 1.165) is 58.2 Å². The van der Waals surface area contributed by atoms with Crippen molar-refractivity contribution in [3.8, 4) is 0 Å². The van der Waals surface area contributed by atoms with Gasteiger partial charge in [-0.25, -0.2) is 4.79 Å². The standard InChI is InChI=1S/C24H42N4O4/c1-16(27(5)23(31)32-24(2,3)4)21(29)26-20(18-9-7-6-8-10-18)22(30)28-14-12-17-11-13-25-15-19(17)28/h16-20,25H,6-15H2,1-5H3,(H,26,29)/t16-,17+,19+,20-/m0/s1. The van der Waals surface area contributed by atoms with E-state index < -0.39 is 23.8 Å². The van der Waals surface area contributed by atoms with E-state index in [9.17, 15) is 14.4 Å². The second kappa shape index (κ2) is 10.4. The molecule has 3 fully saturated rings. The Morgan fingerprint density at radius 3 is 2.44 bits per heavy atom. The van der Waals surface area contributed by atoms with Crippen LogP contribution in [0.4, 0.5) is 4.79 Å². The quantitative estimate of drug-likeness (QED) is 0.672. The lowest BCUT2D eigenvalue weighted by molar-refractivity contribution is -0.140. The summed E-state index contributed by atoms with van der Waals surface area (Å²) in [5.41, 5.74) is -0.636. The van der Waals surface area contributed by atoms with Crippen molar-refractivity contribution in [3.05, 3.63) is 0 Å². The van der Waals surface area contributed by atoms with Crippen LogP contribution in [-0.4, -0.2) is 78.1 Å². The SMILES string of the molecule is C[C@@H](C(=O)N[C@H](C(=O)N1CC[C@H]2CCNC[C@H]21)C1CCCCC1)N(C)C(=O)OC(C)(C)C. The average molecular weight is 451 g/mol. The normalized spacial score (nSPS) is 26.1. The number of hydrogen-bond acceptors (Lipinski definition) is 5. The predicted octanol–water partition coefficient (Wildman–Crippen LogP) is 2.52. The maximum Gasteiger partial charge on any atom is 0.410 e. The molecule has 0 radical (unpaired) electrons. The number of hydrogen-bond donors (Lipinski definition) is 2. The van der Waals surface area contributed by atoms with Gasteiger partial charge in [-0.05, 0) is 71.8 Å². The number of likely N-dealkylation sites (tertiary alicyclic amines) is 1. The summed E-state index contributed by atoms with van der Waals surface area (Å²) in [7, 11) is 1.56. The number of carbonyl (C=O) groups is 3. The lowest BCUT2D eigenvalue weighted by Gasteiger charge is -2.38. The number of likely N-dealkylation sites (N-methyl/N-ethyl adjacent to an activating group) is 1. The van der Waals surface area contributed by atoms with Gasteiger partial charge in [0.25, 0.3) is 0 Å². The Morgan fingerprint density at radius 2 is 1.78 bits per heavy atom. The molecular formula is C24H42N4O4. The van der Waals surface area contributed by atoms with Gasteiger partial charge >= 0.3 is 6.09 Å². The van der Waals surface area contributed by atoms with E-state index in [4.69, 9.17) is 4.74 Å². The van der Waals surface area contributed by atoms with Crippen molar-refractivity contribution in [3.63, 3.8) is 0 Å². The molecule has 1 saturated carbocycles. The van der Waals surface area contributed by atoms with Crippen LogP contribution in [0, 0.1) is 11.8 Å². The summed E-state index contributed by atoms with van der Waals surface area (Å²) in [4.78, 5) is 42.6. The molecule has 8 heteroatoms. The minimum atomic E-state index is -0.730. The highest BCUT2D eigenvalue weighted by molar-refractivity contribution is 5.91. The zero-order valence-corrected chi connectivity index (χ0v) is 20.5. The first-order valence-electron chi connectivity index (χ1n) is 12.4. The first kappa shape index (κ1) is 24.8. The highest BCUT2D eigenvalue weighted by Crippen LogP contribution is 2.33. The number of ether oxygens (including phenoxy) is 1. The third-order valence-electron chi connectivity index (χ3n) is 7.34. The van der Waals surface area contributed by atoms with Crippen LogP contribution < -0.4 is 10.6 Å². The second-order valence-electron chi connectivity index (χ2n) is 10.8. The number of rotatable bonds is 5. The van der Waals surface area contributed by atoms with Gasteiger partial charge in [-0.15, -0.1) is 0 Å². The second-order valence-corrected chi connectivity index (χ2v) is 10.8. The van der Waals surface area contributed by atoms with E-state index in [0.29, 0.717) is 5.92 Å². The number of carbonyl (C=O) groups excluding carboxylic acids is 3. The van der Waals surface area contributed by atoms with Gasteiger partial charge in [-0.3, -0.25) is 14.5 Å². The highest BCUT2D eigenvalue weighted by atomic mass is 16.6. The first-order valence-corrected chi connectivity index (χ1v) is 12.4. The summed E-state index contributed by atoms with van der Waals surface area (Å²) >= 11 is 0. The zero-order valence-electron chi connectivity index (χ0n) is 20.5. The summed E-state index contributed by atoms with van der Waals surface area (Å²) in [5, 5.41) is 6.48. The smallest absolute Gasteiger partial charge is 0.410 e. The molecule has 3 amide bonds. The minimum Gasteiger partial charge on any atom is -0.444 e. The van der Waals surface area contributed by atoms with Gasteiger partial charge in [0.05, 0.1) is 0 Å². The molecule has 2 heterocycles. The summed E-state index contributed by atoms with van der Waals surface area (Å²) in [6.07, 6.45) is 6.86. The van der Waals surface area contributed by atoms with Crippen LogP contribution in [0.1, 0.15) is 72.6 Å². The van der Waals surface area contributed by atoms with Crippen molar-refractivity contribution < 1.29 is 19.1 Å². The molecule has 3 rings (SSSR count). The van der Waals surface area contributed by atoms with Gasteiger partial charge < -0.3 is 20.3 Å². The molecule has 182 valence electrons. The Balaban J connectivity index is 1.70. The Morgan fingerprint density at radius 1 is 1.09 bits per heavy atom. The summed E-state index contributed by atoms with van der Waals surface area (Å²) in [6, 6.07) is -1.04. The Hall–Kier alpha value is -1.83. The lowest BCUT2D eigenvalue weighted by atomic mass is 9.83. The van der Waals surface area contributed by atoms with E-state index in [-0.39, 0.29) is 23.8 Å². The summed E-state index contributed by atoms with van der Waals surface area (Å²) < 4.78 is 5.40. The molecule has 3 aliphatic rings. The molecule has 2 N–H and O–H groups in total. The van der Waals surface area contributed by atoms with E-state index >= 15 is 0 Å². The lowest BCUT2D eigenvalue weighted by Crippen LogP contribution is -2.59. The highest BCUT2D eigenvalue weighted by Gasteiger charge is 2.43. The molecule has 0 aromatic carbocycles. The van der Waals surface area contributed by atoms with Crippen molar-refractivity contribution in [2.75, 3.05) is 26.7 Å². The fourth-order valence-electron chi connectivity index (χ4n) is 5.31. The number of fused-ring (bicyclic) bond motifs is 1. The molecule has 2 aliphatic heterocycles. The fourth-order valence-corrected chi connectivity index (χ4v) is 5.31. The molecule has 32 heavy (non-hydrogen) atoms. The maximum absolute atomic E-state index is 13.7. The van der Waals surface area contributed by atoms with Crippen LogP contribution in [0.5, 0.6) is 0 Å².